The molecule has 0 radical (unpaired) electrons. The second-order valence-electron chi connectivity index (χ2n) is 7.11. The van der Waals surface area contributed by atoms with Gasteiger partial charge in [-0.25, -0.2) is 9.59 Å². The number of fused-ring (bicyclic) bond motifs is 3. The predicted molar refractivity (Wildman–Crippen MR) is 104 cm³/mol. The highest BCUT2D eigenvalue weighted by atomic mass is 16.5. The Labute approximate surface area is 159 Å². The summed E-state index contributed by atoms with van der Waals surface area (Å²) in [6.07, 6.45) is 0.555. The van der Waals surface area contributed by atoms with Crippen LogP contribution in [0, 0.1) is 5.92 Å². The Morgan fingerprint density at radius 3 is 2.15 bits per heavy atom. The Morgan fingerprint density at radius 2 is 1.63 bits per heavy atom. The average Bonchev–Trinajstić information content (AvgIpc) is 2.99. The Morgan fingerprint density at radius 1 is 1.07 bits per heavy atom. The van der Waals surface area contributed by atoms with Crippen molar-refractivity contribution in [2.24, 2.45) is 5.92 Å². The van der Waals surface area contributed by atoms with Gasteiger partial charge in [0.05, 0.1) is 0 Å². The maximum Gasteiger partial charge on any atom is 0.407 e. The smallest absolute Gasteiger partial charge is 0.407 e. The lowest BCUT2D eigenvalue weighted by molar-refractivity contribution is -0.139. The highest BCUT2D eigenvalue weighted by Crippen LogP contribution is 2.44. The van der Waals surface area contributed by atoms with E-state index in [0.717, 1.165) is 28.7 Å². The molecule has 1 aliphatic rings. The summed E-state index contributed by atoms with van der Waals surface area (Å²) in [5, 5.41) is 11.8. The van der Waals surface area contributed by atoms with E-state index in [2.05, 4.69) is 17.4 Å². The largest absolute Gasteiger partial charge is 0.480 e. The van der Waals surface area contributed by atoms with Crippen molar-refractivity contribution in [3.8, 4) is 11.1 Å². The third-order valence-corrected chi connectivity index (χ3v) is 5.27. The van der Waals surface area contributed by atoms with E-state index < -0.39 is 18.1 Å². The molecule has 0 heterocycles. The van der Waals surface area contributed by atoms with Gasteiger partial charge >= 0.3 is 12.1 Å². The molecule has 142 valence electrons. The van der Waals surface area contributed by atoms with Gasteiger partial charge in [-0.1, -0.05) is 68.8 Å². The van der Waals surface area contributed by atoms with Crippen LogP contribution in [-0.2, 0) is 9.53 Å². The van der Waals surface area contributed by atoms with Crippen LogP contribution in [0.1, 0.15) is 43.7 Å². The van der Waals surface area contributed by atoms with Gasteiger partial charge in [0, 0.05) is 5.92 Å². The third kappa shape index (κ3) is 4.13. The lowest BCUT2D eigenvalue weighted by Gasteiger charge is -2.19. The van der Waals surface area contributed by atoms with E-state index in [-0.39, 0.29) is 18.4 Å². The van der Waals surface area contributed by atoms with Crippen LogP contribution in [0.3, 0.4) is 0 Å². The van der Waals surface area contributed by atoms with E-state index in [9.17, 15) is 14.7 Å². The molecule has 0 saturated carbocycles. The van der Waals surface area contributed by atoms with Gasteiger partial charge in [-0.15, -0.1) is 0 Å². The summed E-state index contributed by atoms with van der Waals surface area (Å²) in [5.74, 6) is -0.871. The van der Waals surface area contributed by atoms with Gasteiger partial charge in [0.15, 0.2) is 0 Å². The van der Waals surface area contributed by atoms with Gasteiger partial charge in [0.1, 0.15) is 12.6 Å². The monoisotopic (exact) mass is 367 g/mol. The van der Waals surface area contributed by atoms with Gasteiger partial charge in [-0.3, -0.25) is 0 Å². The SMILES string of the molecule is CCC(C)C[C@H](NC(=O)OCC1c2ccccc2-c2ccccc21)C(=O)O. The first kappa shape index (κ1) is 19.0. The Hall–Kier alpha value is -2.82. The Kier molecular flexibility index (Phi) is 5.79. The molecule has 1 unspecified atom stereocenters. The molecule has 1 aliphatic carbocycles. The summed E-state index contributed by atoms with van der Waals surface area (Å²) in [7, 11) is 0. The molecule has 5 nitrogen and oxygen atoms in total. The molecule has 2 aromatic carbocycles. The Bertz CT molecular complexity index is 787. The molecular weight excluding hydrogens is 342 g/mol. The minimum atomic E-state index is -1.04. The molecule has 0 aliphatic heterocycles. The minimum absolute atomic E-state index is 0.0407. The molecule has 0 aromatic heterocycles. The first-order valence-corrected chi connectivity index (χ1v) is 9.35. The van der Waals surface area contributed by atoms with Crippen molar-refractivity contribution in [2.45, 2.75) is 38.6 Å². The summed E-state index contributed by atoms with van der Waals surface area (Å²) >= 11 is 0. The molecule has 1 amide bonds. The van der Waals surface area contributed by atoms with Crippen molar-refractivity contribution in [1.29, 1.82) is 0 Å². The predicted octanol–water partition coefficient (Wildman–Crippen LogP) is 4.41. The topological polar surface area (TPSA) is 75.6 Å². The standard InChI is InChI=1S/C22H25NO4/c1-3-14(2)12-20(21(24)25)23-22(26)27-13-19-17-10-6-4-8-15(17)16-9-5-7-11-18(16)19/h4-11,14,19-20H,3,12-13H2,1-2H3,(H,23,26)(H,24,25)/t14?,20-/m0/s1. The van der Waals surface area contributed by atoms with Gasteiger partial charge in [-0.2, -0.15) is 0 Å². The van der Waals surface area contributed by atoms with Crippen molar-refractivity contribution >= 4 is 12.1 Å². The van der Waals surface area contributed by atoms with E-state index in [4.69, 9.17) is 4.74 Å². The first-order valence-electron chi connectivity index (χ1n) is 9.35. The minimum Gasteiger partial charge on any atom is -0.480 e. The molecule has 0 spiro atoms. The number of ether oxygens (including phenoxy) is 1. The van der Waals surface area contributed by atoms with Crippen LogP contribution in [0.4, 0.5) is 4.79 Å². The number of rotatable bonds is 7. The molecule has 2 N–H and O–H groups in total. The number of carbonyl (C=O) groups is 2. The average molecular weight is 367 g/mol. The first-order chi connectivity index (χ1) is 13.0. The highest BCUT2D eigenvalue weighted by molar-refractivity contribution is 5.81. The lowest BCUT2D eigenvalue weighted by atomic mass is 9.98. The summed E-state index contributed by atoms with van der Waals surface area (Å²) < 4.78 is 5.42. The number of aliphatic carboxylic acids is 1. The van der Waals surface area contributed by atoms with E-state index in [0.29, 0.717) is 6.42 Å². The molecule has 0 bridgehead atoms. The van der Waals surface area contributed by atoms with Gasteiger partial charge in [-0.05, 0) is 34.6 Å². The quantitative estimate of drug-likeness (QED) is 0.760. The fourth-order valence-electron chi connectivity index (χ4n) is 3.57. The number of hydrogen-bond donors (Lipinski definition) is 2. The van der Waals surface area contributed by atoms with Crippen molar-refractivity contribution < 1.29 is 19.4 Å². The molecule has 5 heteroatoms. The normalized spacial score (nSPS) is 14.7. The van der Waals surface area contributed by atoms with Crippen molar-refractivity contribution in [3.63, 3.8) is 0 Å². The van der Waals surface area contributed by atoms with E-state index >= 15 is 0 Å². The molecule has 2 aromatic rings. The number of carboxylic acids is 1. The molecule has 0 saturated heterocycles. The zero-order valence-electron chi connectivity index (χ0n) is 15.6. The zero-order valence-corrected chi connectivity index (χ0v) is 15.6. The van der Waals surface area contributed by atoms with E-state index in [1.165, 1.54) is 0 Å². The number of hydrogen-bond acceptors (Lipinski definition) is 3. The Balaban J connectivity index is 1.68. The van der Waals surface area contributed by atoms with Crippen molar-refractivity contribution in [1.82, 2.24) is 5.32 Å². The van der Waals surface area contributed by atoms with Crippen LogP contribution >= 0.6 is 0 Å². The van der Waals surface area contributed by atoms with Crippen LogP contribution in [-0.4, -0.2) is 29.8 Å². The maximum absolute atomic E-state index is 12.2. The van der Waals surface area contributed by atoms with Crippen LogP contribution in [0.5, 0.6) is 0 Å². The third-order valence-electron chi connectivity index (χ3n) is 5.27. The lowest BCUT2D eigenvalue weighted by Crippen LogP contribution is -2.42. The number of amides is 1. The van der Waals surface area contributed by atoms with Crippen molar-refractivity contribution in [3.05, 3.63) is 59.7 Å². The van der Waals surface area contributed by atoms with Crippen LogP contribution in [0.15, 0.2) is 48.5 Å². The van der Waals surface area contributed by atoms with Gasteiger partial charge in [0.25, 0.3) is 0 Å². The summed E-state index contributed by atoms with van der Waals surface area (Å²) in [6, 6.07) is 15.2. The van der Waals surface area contributed by atoms with Crippen LogP contribution in [0.2, 0.25) is 0 Å². The number of carbonyl (C=O) groups excluding carboxylic acids is 1. The number of carboxylic acid groups (broad SMARTS) is 1. The highest BCUT2D eigenvalue weighted by Gasteiger charge is 2.29. The molecule has 2 atom stereocenters. The molecule has 0 fully saturated rings. The van der Waals surface area contributed by atoms with Crippen LogP contribution < -0.4 is 5.32 Å². The fraction of sp³-hybridized carbons (Fsp3) is 0.364. The molecular formula is C22H25NO4. The van der Waals surface area contributed by atoms with Crippen molar-refractivity contribution in [2.75, 3.05) is 6.61 Å². The zero-order chi connectivity index (χ0) is 19.4. The van der Waals surface area contributed by atoms with E-state index in [1.807, 2.05) is 50.2 Å². The van der Waals surface area contributed by atoms with Crippen LogP contribution in [0.25, 0.3) is 11.1 Å². The number of nitrogens with one attached hydrogen (secondary N) is 1. The summed E-state index contributed by atoms with van der Waals surface area (Å²) in [4.78, 5) is 23.6. The summed E-state index contributed by atoms with van der Waals surface area (Å²) in [5.41, 5.74) is 4.56. The van der Waals surface area contributed by atoms with Gasteiger partial charge in [0.2, 0.25) is 0 Å². The molecule has 27 heavy (non-hydrogen) atoms. The van der Waals surface area contributed by atoms with E-state index in [1.54, 1.807) is 0 Å². The second-order valence-corrected chi connectivity index (χ2v) is 7.11. The number of benzene rings is 2. The van der Waals surface area contributed by atoms with Gasteiger partial charge < -0.3 is 15.2 Å². The number of alkyl carbamates (subject to hydrolysis) is 1. The summed E-state index contributed by atoms with van der Waals surface area (Å²) in [6.45, 7) is 4.14. The molecule has 3 rings (SSSR count). The second kappa shape index (κ2) is 8.25. The fourth-order valence-corrected chi connectivity index (χ4v) is 3.57. The maximum atomic E-state index is 12.2.